The fraction of sp³-hybridized carbons (Fsp3) is 0.375. The summed E-state index contributed by atoms with van der Waals surface area (Å²) in [6, 6.07) is 1.36. The highest BCUT2D eigenvalue weighted by Crippen LogP contribution is 2.14. The zero-order valence-electron chi connectivity index (χ0n) is 7.63. The number of nitrogens with one attached hydrogen (secondary N) is 3. The Balaban J connectivity index is 2.68. The number of carbonyl (C=O) groups is 1. The lowest BCUT2D eigenvalue weighted by molar-refractivity contribution is -0.129. The van der Waals surface area contributed by atoms with Gasteiger partial charge in [-0.2, -0.15) is 0 Å². The van der Waals surface area contributed by atoms with Crippen molar-refractivity contribution in [2.75, 3.05) is 0 Å². The molecule has 0 saturated heterocycles. The number of hydrogen-bond donors (Lipinski definition) is 4. The van der Waals surface area contributed by atoms with Gasteiger partial charge in [0.15, 0.2) is 0 Å². The second-order valence-corrected chi connectivity index (χ2v) is 3.10. The van der Waals surface area contributed by atoms with Gasteiger partial charge in [0, 0.05) is 24.1 Å². The second kappa shape index (κ2) is 3.91. The third-order valence-corrected chi connectivity index (χ3v) is 1.92. The van der Waals surface area contributed by atoms with Gasteiger partial charge in [-0.25, -0.2) is 4.79 Å². The van der Waals surface area contributed by atoms with E-state index in [9.17, 15) is 9.59 Å². The lowest BCUT2D eigenvalue weighted by Crippen LogP contribution is -2.14. The number of aliphatic carboxylic acids is 1. The van der Waals surface area contributed by atoms with Crippen LogP contribution in [-0.4, -0.2) is 27.0 Å². The Kier molecular flexibility index (Phi) is 2.85. The van der Waals surface area contributed by atoms with E-state index in [4.69, 9.17) is 10.5 Å². The number of aromatic amines is 2. The summed E-state index contributed by atoms with van der Waals surface area (Å²) < 4.78 is 0. The molecule has 1 rings (SSSR count). The van der Waals surface area contributed by atoms with Crippen LogP contribution in [0.25, 0.3) is 0 Å². The predicted octanol–water partition coefficient (Wildman–Crippen LogP) is 0.301. The number of carboxylic acids is 1. The summed E-state index contributed by atoms with van der Waals surface area (Å²) in [6.07, 6.45) is 0.100. The van der Waals surface area contributed by atoms with Crippen molar-refractivity contribution in [1.29, 1.82) is 5.41 Å². The SMILES string of the molecule is C[C@H](CC(=N)C(=O)O)c1cc(=O)[nH][nH]1. The minimum absolute atomic E-state index is 0.100. The van der Waals surface area contributed by atoms with E-state index in [-0.39, 0.29) is 23.6 Å². The number of hydrogen-bond acceptors (Lipinski definition) is 3. The Labute approximate surface area is 79.5 Å². The number of rotatable bonds is 4. The smallest absolute Gasteiger partial charge is 0.349 e. The minimum atomic E-state index is -1.23. The molecule has 6 nitrogen and oxygen atoms in total. The van der Waals surface area contributed by atoms with Gasteiger partial charge in [-0.05, 0) is 0 Å². The molecule has 14 heavy (non-hydrogen) atoms. The average Bonchev–Trinajstić information content (AvgIpc) is 2.51. The van der Waals surface area contributed by atoms with E-state index in [1.54, 1.807) is 6.92 Å². The Morgan fingerprint density at radius 2 is 2.29 bits per heavy atom. The van der Waals surface area contributed by atoms with Crippen LogP contribution in [-0.2, 0) is 4.79 Å². The Hall–Kier alpha value is -1.85. The lowest BCUT2D eigenvalue weighted by atomic mass is 10.0. The third-order valence-electron chi connectivity index (χ3n) is 1.92. The molecule has 0 unspecified atom stereocenters. The van der Waals surface area contributed by atoms with E-state index in [0.29, 0.717) is 5.69 Å². The zero-order chi connectivity index (χ0) is 10.7. The largest absolute Gasteiger partial charge is 0.477 e. The van der Waals surface area contributed by atoms with E-state index in [1.165, 1.54) is 6.07 Å². The molecule has 1 atom stereocenters. The molecule has 0 aliphatic heterocycles. The third kappa shape index (κ3) is 2.32. The Morgan fingerprint density at radius 3 is 2.71 bits per heavy atom. The molecule has 1 aromatic rings. The van der Waals surface area contributed by atoms with Crippen LogP contribution in [0.2, 0.25) is 0 Å². The summed E-state index contributed by atoms with van der Waals surface area (Å²) in [6.45, 7) is 1.75. The van der Waals surface area contributed by atoms with Crippen LogP contribution in [0.1, 0.15) is 25.0 Å². The normalized spacial score (nSPS) is 12.4. The van der Waals surface area contributed by atoms with Gasteiger partial charge in [-0.15, -0.1) is 0 Å². The minimum Gasteiger partial charge on any atom is -0.477 e. The van der Waals surface area contributed by atoms with Crippen molar-refractivity contribution >= 4 is 11.7 Å². The highest BCUT2D eigenvalue weighted by Gasteiger charge is 2.14. The number of H-pyrrole nitrogens is 2. The molecule has 76 valence electrons. The van der Waals surface area contributed by atoms with E-state index < -0.39 is 5.97 Å². The first kappa shape index (κ1) is 10.2. The molecule has 0 amide bonds. The molecular formula is C8H11N3O3. The Bertz CT molecular complexity index is 404. The quantitative estimate of drug-likeness (QED) is 0.521. The molecule has 1 heterocycles. The summed E-state index contributed by atoms with van der Waals surface area (Å²) in [5.74, 6) is -1.41. The average molecular weight is 197 g/mol. The molecule has 1 aromatic heterocycles. The van der Waals surface area contributed by atoms with Gasteiger partial charge in [0.25, 0.3) is 5.56 Å². The summed E-state index contributed by atoms with van der Waals surface area (Å²) >= 11 is 0. The summed E-state index contributed by atoms with van der Waals surface area (Å²) in [5.41, 5.74) is -0.00532. The molecule has 6 heteroatoms. The molecular weight excluding hydrogens is 186 g/mol. The predicted molar refractivity (Wildman–Crippen MR) is 49.8 cm³/mol. The maximum Gasteiger partial charge on any atom is 0.349 e. The van der Waals surface area contributed by atoms with Crippen molar-refractivity contribution in [3.8, 4) is 0 Å². The van der Waals surface area contributed by atoms with Crippen molar-refractivity contribution in [1.82, 2.24) is 10.2 Å². The van der Waals surface area contributed by atoms with Gasteiger partial charge < -0.3 is 10.2 Å². The standard InChI is InChI=1S/C8H11N3O3/c1-4(2-5(9)8(13)14)6-3-7(12)11-10-6/h3-4,9H,2H2,1H3,(H,13,14)(H2,10,11,12)/t4-/m1/s1. The number of carboxylic acid groups (broad SMARTS) is 1. The monoisotopic (exact) mass is 197 g/mol. The highest BCUT2D eigenvalue weighted by molar-refractivity contribution is 6.34. The van der Waals surface area contributed by atoms with Crippen LogP contribution in [0.15, 0.2) is 10.9 Å². The fourth-order valence-corrected chi connectivity index (χ4v) is 1.12. The maximum atomic E-state index is 10.8. The second-order valence-electron chi connectivity index (χ2n) is 3.10. The first-order chi connectivity index (χ1) is 6.50. The van der Waals surface area contributed by atoms with Crippen molar-refractivity contribution in [2.24, 2.45) is 0 Å². The van der Waals surface area contributed by atoms with Gasteiger partial charge in [0.2, 0.25) is 0 Å². The molecule has 0 aliphatic carbocycles. The number of aromatic nitrogens is 2. The molecule has 0 aromatic carbocycles. The summed E-state index contributed by atoms with van der Waals surface area (Å²) in [7, 11) is 0. The molecule has 0 aliphatic rings. The van der Waals surface area contributed by atoms with Gasteiger partial charge in [0.1, 0.15) is 5.71 Å². The van der Waals surface area contributed by atoms with Crippen LogP contribution in [0, 0.1) is 5.41 Å². The van der Waals surface area contributed by atoms with Crippen molar-refractivity contribution in [3.05, 3.63) is 22.1 Å². The summed E-state index contributed by atoms with van der Waals surface area (Å²) in [5, 5.41) is 20.6. The van der Waals surface area contributed by atoms with E-state index in [2.05, 4.69) is 10.2 Å². The highest BCUT2D eigenvalue weighted by atomic mass is 16.4. The van der Waals surface area contributed by atoms with Crippen LogP contribution < -0.4 is 5.56 Å². The molecule has 0 bridgehead atoms. The van der Waals surface area contributed by atoms with E-state index in [1.807, 2.05) is 0 Å². The van der Waals surface area contributed by atoms with Crippen molar-refractivity contribution < 1.29 is 9.90 Å². The summed E-state index contributed by atoms with van der Waals surface area (Å²) in [4.78, 5) is 21.1. The fourth-order valence-electron chi connectivity index (χ4n) is 1.12. The molecule has 0 spiro atoms. The zero-order valence-corrected chi connectivity index (χ0v) is 7.63. The first-order valence-electron chi connectivity index (χ1n) is 4.09. The molecule has 0 radical (unpaired) electrons. The maximum absolute atomic E-state index is 10.8. The van der Waals surface area contributed by atoms with Gasteiger partial charge in [-0.3, -0.25) is 15.3 Å². The van der Waals surface area contributed by atoms with Gasteiger partial charge in [-0.1, -0.05) is 6.92 Å². The van der Waals surface area contributed by atoms with E-state index >= 15 is 0 Å². The van der Waals surface area contributed by atoms with Crippen LogP contribution in [0.5, 0.6) is 0 Å². The molecule has 0 fully saturated rings. The topological polar surface area (TPSA) is 110 Å². The van der Waals surface area contributed by atoms with Crippen LogP contribution >= 0.6 is 0 Å². The first-order valence-corrected chi connectivity index (χ1v) is 4.09. The van der Waals surface area contributed by atoms with Crippen LogP contribution in [0.4, 0.5) is 0 Å². The van der Waals surface area contributed by atoms with Crippen molar-refractivity contribution in [3.63, 3.8) is 0 Å². The molecule has 0 saturated carbocycles. The molecule has 4 N–H and O–H groups in total. The van der Waals surface area contributed by atoms with Crippen molar-refractivity contribution in [2.45, 2.75) is 19.3 Å². The van der Waals surface area contributed by atoms with Gasteiger partial charge >= 0.3 is 5.97 Å². The van der Waals surface area contributed by atoms with Gasteiger partial charge in [0.05, 0.1) is 0 Å². The van der Waals surface area contributed by atoms with E-state index in [0.717, 1.165) is 0 Å². The van der Waals surface area contributed by atoms with Crippen LogP contribution in [0.3, 0.4) is 0 Å². The lowest BCUT2D eigenvalue weighted by Gasteiger charge is -2.06. The Morgan fingerprint density at radius 1 is 1.64 bits per heavy atom.